The molecule has 24 heavy (non-hydrogen) atoms. The highest BCUT2D eigenvalue weighted by Crippen LogP contribution is 2.36. The van der Waals surface area contributed by atoms with E-state index >= 15 is 0 Å². The molecule has 2 N–H and O–H groups in total. The van der Waals surface area contributed by atoms with Gasteiger partial charge in [0.05, 0.1) is 5.41 Å². The minimum Gasteiger partial charge on any atom is -0.326 e. The van der Waals surface area contributed by atoms with Crippen LogP contribution in [0.3, 0.4) is 0 Å². The van der Waals surface area contributed by atoms with Crippen molar-refractivity contribution in [2.24, 2.45) is 5.92 Å². The van der Waals surface area contributed by atoms with E-state index in [4.69, 9.17) is 0 Å². The van der Waals surface area contributed by atoms with Crippen molar-refractivity contribution in [1.82, 2.24) is 5.32 Å². The lowest BCUT2D eigenvalue weighted by atomic mass is 9.72. The number of carbonyl (C=O) groups excluding carboxylic acids is 3. The first kappa shape index (κ1) is 18.2. The van der Waals surface area contributed by atoms with E-state index in [1.165, 1.54) is 0 Å². The monoisotopic (exact) mass is 330 g/mol. The highest BCUT2D eigenvalue weighted by molar-refractivity contribution is 6.03. The minimum absolute atomic E-state index is 0.0156. The van der Waals surface area contributed by atoms with Gasteiger partial charge in [-0.3, -0.25) is 19.7 Å². The van der Waals surface area contributed by atoms with Crippen molar-refractivity contribution in [2.45, 2.75) is 58.3 Å². The summed E-state index contributed by atoms with van der Waals surface area (Å²) in [6.07, 6.45) is 3.13. The Morgan fingerprint density at radius 1 is 1.17 bits per heavy atom. The van der Waals surface area contributed by atoms with Crippen LogP contribution in [-0.2, 0) is 19.8 Å². The fourth-order valence-electron chi connectivity index (χ4n) is 3.34. The number of nitrogens with one attached hydrogen (secondary N) is 2. The third kappa shape index (κ3) is 3.50. The summed E-state index contributed by atoms with van der Waals surface area (Å²) < 4.78 is 0. The van der Waals surface area contributed by atoms with Gasteiger partial charge in [0.25, 0.3) is 0 Å². The molecule has 0 radical (unpaired) electrons. The van der Waals surface area contributed by atoms with Crippen molar-refractivity contribution in [3.05, 3.63) is 29.8 Å². The van der Waals surface area contributed by atoms with Crippen LogP contribution in [0.4, 0.5) is 5.69 Å². The summed E-state index contributed by atoms with van der Waals surface area (Å²) in [6.45, 7) is 5.97. The summed E-state index contributed by atoms with van der Waals surface area (Å²) in [5.74, 6) is -0.394. The van der Waals surface area contributed by atoms with E-state index in [9.17, 15) is 14.4 Å². The van der Waals surface area contributed by atoms with Crippen molar-refractivity contribution in [2.75, 3.05) is 5.32 Å². The molecule has 1 aliphatic heterocycles. The minimum atomic E-state index is -0.661. The van der Waals surface area contributed by atoms with E-state index in [1.807, 2.05) is 45.0 Å². The Bertz CT molecular complexity index is 620. The maximum Gasteiger partial charge on any atom is 0.237 e. The Labute approximate surface area is 143 Å². The van der Waals surface area contributed by atoms with Gasteiger partial charge in [-0.2, -0.15) is 0 Å². The van der Waals surface area contributed by atoms with Crippen LogP contribution in [0, 0.1) is 5.92 Å². The molecule has 0 aliphatic carbocycles. The Kier molecular flexibility index (Phi) is 5.75. The molecule has 1 atom stereocenters. The molecule has 130 valence electrons. The average Bonchev–Trinajstić information content (AvgIpc) is 2.57. The molecule has 0 bridgehead atoms. The number of anilines is 1. The van der Waals surface area contributed by atoms with E-state index in [1.54, 1.807) is 0 Å². The maximum atomic E-state index is 12.4. The number of piperidine rings is 1. The molecular formula is C19H26N2O3. The zero-order valence-electron chi connectivity index (χ0n) is 14.6. The van der Waals surface area contributed by atoms with Crippen molar-refractivity contribution in [3.63, 3.8) is 0 Å². The number of benzene rings is 1. The van der Waals surface area contributed by atoms with E-state index in [0.29, 0.717) is 19.3 Å². The van der Waals surface area contributed by atoms with Crippen molar-refractivity contribution in [3.8, 4) is 0 Å². The van der Waals surface area contributed by atoms with Gasteiger partial charge in [-0.05, 0) is 43.4 Å². The summed E-state index contributed by atoms with van der Waals surface area (Å²) in [6, 6.07) is 7.41. The molecule has 3 amide bonds. The van der Waals surface area contributed by atoms with E-state index < -0.39 is 5.41 Å². The molecule has 1 aromatic carbocycles. The lowest BCUT2D eigenvalue weighted by Crippen LogP contribution is -2.51. The van der Waals surface area contributed by atoms with Crippen molar-refractivity contribution in [1.29, 1.82) is 0 Å². The van der Waals surface area contributed by atoms with Crippen LogP contribution in [0.1, 0.15) is 58.4 Å². The van der Waals surface area contributed by atoms with Crippen LogP contribution in [0.5, 0.6) is 0 Å². The Morgan fingerprint density at radius 2 is 1.79 bits per heavy atom. The Hall–Kier alpha value is -2.17. The zero-order valence-corrected chi connectivity index (χ0v) is 14.6. The van der Waals surface area contributed by atoms with Crippen LogP contribution in [-0.4, -0.2) is 17.7 Å². The molecule has 5 nitrogen and oxygen atoms in total. The Morgan fingerprint density at radius 3 is 2.29 bits per heavy atom. The van der Waals surface area contributed by atoms with Crippen LogP contribution in [0.25, 0.3) is 0 Å². The molecular weight excluding hydrogens is 304 g/mol. The second kappa shape index (κ2) is 7.60. The number of rotatable bonds is 6. The van der Waals surface area contributed by atoms with Crippen LogP contribution in [0.2, 0.25) is 0 Å². The number of imide groups is 1. The van der Waals surface area contributed by atoms with Gasteiger partial charge in [0.2, 0.25) is 17.7 Å². The van der Waals surface area contributed by atoms with Gasteiger partial charge in [0.1, 0.15) is 0 Å². The molecule has 1 aromatic rings. The number of hydrogen-bond acceptors (Lipinski definition) is 3. The van der Waals surface area contributed by atoms with Gasteiger partial charge in [-0.25, -0.2) is 0 Å². The SMILES string of the molecule is CCC(CC)C(=O)Nc1ccc(C2(CC)CCC(=O)NC2=O)cc1. The summed E-state index contributed by atoms with van der Waals surface area (Å²) in [5.41, 5.74) is 0.955. The van der Waals surface area contributed by atoms with Gasteiger partial charge < -0.3 is 5.32 Å². The smallest absolute Gasteiger partial charge is 0.237 e. The standard InChI is InChI=1S/C19H26N2O3/c1-4-13(5-2)17(23)20-15-9-7-14(8-10-15)19(6-3)12-11-16(22)21-18(19)24/h7-10,13H,4-6,11-12H2,1-3H3,(H,20,23)(H,21,22,24). The second-order valence-electron chi connectivity index (χ2n) is 6.39. The second-order valence-corrected chi connectivity index (χ2v) is 6.39. The van der Waals surface area contributed by atoms with Gasteiger partial charge in [-0.15, -0.1) is 0 Å². The quantitative estimate of drug-likeness (QED) is 0.787. The van der Waals surface area contributed by atoms with Crippen molar-refractivity contribution < 1.29 is 14.4 Å². The molecule has 1 aliphatic rings. The lowest BCUT2D eigenvalue weighted by molar-refractivity contribution is -0.138. The predicted molar refractivity (Wildman–Crippen MR) is 93.5 cm³/mol. The van der Waals surface area contributed by atoms with Gasteiger partial charge in [-0.1, -0.05) is 32.9 Å². The lowest BCUT2D eigenvalue weighted by Gasteiger charge is -2.35. The van der Waals surface area contributed by atoms with E-state index in [2.05, 4.69) is 10.6 Å². The predicted octanol–water partition coefficient (Wildman–Crippen LogP) is 3.15. The first-order valence-corrected chi connectivity index (χ1v) is 8.72. The summed E-state index contributed by atoms with van der Waals surface area (Å²) in [5, 5.41) is 5.38. The summed E-state index contributed by atoms with van der Waals surface area (Å²) >= 11 is 0. The number of carbonyl (C=O) groups is 3. The maximum absolute atomic E-state index is 12.4. The third-order valence-electron chi connectivity index (χ3n) is 5.13. The topological polar surface area (TPSA) is 75.3 Å². The zero-order chi connectivity index (χ0) is 17.7. The third-order valence-corrected chi connectivity index (χ3v) is 5.13. The normalized spacial score (nSPS) is 20.8. The van der Waals surface area contributed by atoms with Crippen LogP contribution >= 0.6 is 0 Å². The number of hydrogen-bond donors (Lipinski definition) is 2. The summed E-state index contributed by atoms with van der Waals surface area (Å²) in [4.78, 5) is 36.0. The first-order valence-electron chi connectivity index (χ1n) is 8.72. The molecule has 1 heterocycles. The molecule has 0 spiro atoms. The molecule has 1 saturated heterocycles. The van der Waals surface area contributed by atoms with E-state index in [0.717, 1.165) is 24.1 Å². The van der Waals surface area contributed by atoms with Crippen molar-refractivity contribution >= 4 is 23.4 Å². The molecule has 2 rings (SSSR count). The average molecular weight is 330 g/mol. The van der Waals surface area contributed by atoms with Gasteiger partial charge in [0, 0.05) is 18.0 Å². The van der Waals surface area contributed by atoms with Gasteiger partial charge in [0.15, 0.2) is 0 Å². The molecule has 0 saturated carbocycles. The first-order chi connectivity index (χ1) is 11.5. The molecule has 1 unspecified atom stereocenters. The highest BCUT2D eigenvalue weighted by atomic mass is 16.2. The largest absolute Gasteiger partial charge is 0.326 e. The fourth-order valence-corrected chi connectivity index (χ4v) is 3.34. The van der Waals surface area contributed by atoms with Crippen LogP contribution < -0.4 is 10.6 Å². The number of amides is 3. The van der Waals surface area contributed by atoms with E-state index in [-0.39, 0.29) is 23.6 Å². The molecule has 0 aromatic heterocycles. The summed E-state index contributed by atoms with van der Waals surface area (Å²) in [7, 11) is 0. The molecule has 5 heteroatoms. The van der Waals surface area contributed by atoms with Gasteiger partial charge >= 0.3 is 0 Å². The van der Waals surface area contributed by atoms with Crippen LogP contribution in [0.15, 0.2) is 24.3 Å². The fraction of sp³-hybridized carbons (Fsp3) is 0.526. The highest BCUT2D eigenvalue weighted by Gasteiger charge is 2.42. The molecule has 1 fully saturated rings. The Balaban J connectivity index is 2.17.